The highest BCUT2D eigenvalue weighted by atomic mass is 32.1. The standard InChI is InChI=1S/C17H19N5OS/c23-17(19-6-5-15-18-7-8-24-15)12-9-14-16(20-10-12)22(11-21-14)13-3-1-2-4-13/h7-11,13H,1-6H2,(H,19,23). The molecule has 3 aromatic rings. The summed E-state index contributed by atoms with van der Waals surface area (Å²) in [4.78, 5) is 25.4. The van der Waals surface area contributed by atoms with Crippen molar-refractivity contribution in [1.29, 1.82) is 0 Å². The van der Waals surface area contributed by atoms with Gasteiger partial charge < -0.3 is 9.88 Å². The molecule has 1 N–H and O–H groups in total. The number of carbonyl (C=O) groups is 1. The second kappa shape index (κ2) is 6.68. The summed E-state index contributed by atoms with van der Waals surface area (Å²) in [5.41, 5.74) is 2.22. The number of nitrogens with one attached hydrogen (secondary N) is 1. The summed E-state index contributed by atoms with van der Waals surface area (Å²) in [6.45, 7) is 0.570. The lowest BCUT2D eigenvalue weighted by Crippen LogP contribution is -2.25. The topological polar surface area (TPSA) is 72.7 Å². The molecule has 1 saturated carbocycles. The maximum Gasteiger partial charge on any atom is 0.252 e. The summed E-state index contributed by atoms with van der Waals surface area (Å²) in [6.07, 6.45) is 10.9. The minimum absolute atomic E-state index is 0.114. The number of nitrogens with zero attached hydrogens (tertiary/aromatic N) is 4. The fraction of sp³-hybridized carbons (Fsp3) is 0.412. The average Bonchev–Trinajstić information content (AvgIpc) is 3.34. The highest BCUT2D eigenvalue weighted by Crippen LogP contribution is 2.31. The first-order valence-corrected chi connectivity index (χ1v) is 9.18. The molecule has 1 amide bonds. The van der Waals surface area contributed by atoms with Crippen LogP contribution in [0.1, 0.15) is 47.1 Å². The molecule has 6 nitrogen and oxygen atoms in total. The third kappa shape index (κ3) is 3.03. The minimum Gasteiger partial charge on any atom is -0.352 e. The van der Waals surface area contributed by atoms with E-state index in [1.807, 2.05) is 17.8 Å². The Balaban J connectivity index is 1.45. The molecular weight excluding hydrogens is 322 g/mol. The van der Waals surface area contributed by atoms with Crippen LogP contribution in [0, 0.1) is 0 Å². The van der Waals surface area contributed by atoms with E-state index in [1.165, 1.54) is 25.7 Å². The zero-order chi connectivity index (χ0) is 16.4. The molecule has 4 rings (SSSR count). The van der Waals surface area contributed by atoms with E-state index in [1.54, 1.807) is 23.7 Å². The van der Waals surface area contributed by atoms with E-state index in [0.29, 0.717) is 18.2 Å². The molecule has 1 aliphatic rings. The molecule has 0 bridgehead atoms. The third-order valence-corrected chi connectivity index (χ3v) is 5.34. The zero-order valence-electron chi connectivity index (χ0n) is 13.3. The Morgan fingerprint density at radius 3 is 2.96 bits per heavy atom. The lowest BCUT2D eigenvalue weighted by atomic mass is 10.2. The van der Waals surface area contributed by atoms with Crippen molar-refractivity contribution >= 4 is 28.4 Å². The van der Waals surface area contributed by atoms with Crippen LogP contribution in [0.25, 0.3) is 11.2 Å². The fourth-order valence-corrected chi connectivity index (χ4v) is 3.87. The first-order chi connectivity index (χ1) is 11.8. The van der Waals surface area contributed by atoms with Gasteiger partial charge in [0.2, 0.25) is 0 Å². The van der Waals surface area contributed by atoms with Crippen LogP contribution in [0.5, 0.6) is 0 Å². The van der Waals surface area contributed by atoms with Crippen molar-refractivity contribution in [3.05, 3.63) is 40.7 Å². The van der Waals surface area contributed by atoms with E-state index in [0.717, 1.165) is 22.6 Å². The van der Waals surface area contributed by atoms with Crippen molar-refractivity contribution in [2.24, 2.45) is 0 Å². The normalized spacial score (nSPS) is 15.2. The van der Waals surface area contributed by atoms with E-state index in [-0.39, 0.29) is 5.91 Å². The van der Waals surface area contributed by atoms with Gasteiger partial charge in [0.05, 0.1) is 16.9 Å². The summed E-state index contributed by atoms with van der Waals surface area (Å²) in [6, 6.07) is 2.33. The maximum absolute atomic E-state index is 12.3. The summed E-state index contributed by atoms with van der Waals surface area (Å²) < 4.78 is 2.16. The smallest absolute Gasteiger partial charge is 0.252 e. The third-order valence-electron chi connectivity index (χ3n) is 4.50. The number of hydrogen-bond donors (Lipinski definition) is 1. The number of rotatable bonds is 5. The van der Waals surface area contributed by atoms with Crippen LogP contribution in [-0.4, -0.2) is 32.0 Å². The second-order valence-corrected chi connectivity index (χ2v) is 7.07. The van der Waals surface area contributed by atoms with E-state index in [9.17, 15) is 4.79 Å². The number of thiazole rings is 1. The van der Waals surface area contributed by atoms with Crippen LogP contribution in [0.2, 0.25) is 0 Å². The lowest BCUT2D eigenvalue weighted by molar-refractivity contribution is 0.0954. The molecule has 0 aromatic carbocycles. The van der Waals surface area contributed by atoms with Crippen molar-refractivity contribution in [3.8, 4) is 0 Å². The SMILES string of the molecule is O=C(NCCc1nccs1)c1cnc2c(c1)ncn2C1CCCC1. The Kier molecular flexibility index (Phi) is 4.25. The molecule has 124 valence electrons. The monoisotopic (exact) mass is 341 g/mol. The second-order valence-electron chi connectivity index (χ2n) is 6.09. The van der Waals surface area contributed by atoms with E-state index < -0.39 is 0 Å². The molecule has 7 heteroatoms. The van der Waals surface area contributed by atoms with Crippen molar-refractivity contribution < 1.29 is 4.79 Å². The molecular formula is C17H19N5OS. The summed E-state index contributed by atoms with van der Waals surface area (Å²) in [5.74, 6) is -0.114. The largest absolute Gasteiger partial charge is 0.352 e. The van der Waals surface area contributed by atoms with E-state index >= 15 is 0 Å². The Morgan fingerprint density at radius 2 is 2.17 bits per heavy atom. The predicted molar refractivity (Wildman–Crippen MR) is 93.2 cm³/mol. The summed E-state index contributed by atoms with van der Waals surface area (Å²) in [7, 11) is 0. The van der Waals surface area contributed by atoms with Crippen LogP contribution >= 0.6 is 11.3 Å². The molecule has 0 unspecified atom stereocenters. The molecule has 1 fully saturated rings. The van der Waals surface area contributed by atoms with E-state index in [2.05, 4.69) is 24.8 Å². The quantitative estimate of drug-likeness (QED) is 0.774. The van der Waals surface area contributed by atoms with Crippen molar-refractivity contribution in [2.75, 3.05) is 6.54 Å². The van der Waals surface area contributed by atoms with Crippen LogP contribution in [0.15, 0.2) is 30.2 Å². The van der Waals surface area contributed by atoms with Crippen LogP contribution in [-0.2, 0) is 6.42 Å². The Morgan fingerprint density at radius 1 is 1.29 bits per heavy atom. The van der Waals surface area contributed by atoms with Crippen molar-refractivity contribution in [3.63, 3.8) is 0 Å². The minimum atomic E-state index is -0.114. The number of fused-ring (bicyclic) bond motifs is 1. The Bertz CT molecular complexity index is 836. The van der Waals surface area contributed by atoms with Crippen LogP contribution < -0.4 is 5.32 Å². The highest BCUT2D eigenvalue weighted by molar-refractivity contribution is 7.09. The molecule has 0 saturated heterocycles. The highest BCUT2D eigenvalue weighted by Gasteiger charge is 2.20. The number of aromatic nitrogens is 4. The van der Waals surface area contributed by atoms with Gasteiger partial charge in [0.1, 0.15) is 5.52 Å². The van der Waals surface area contributed by atoms with Gasteiger partial charge in [-0.05, 0) is 18.9 Å². The van der Waals surface area contributed by atoms with Gasteiger partial charge in [-0.25, -0.2) is 15.0 Å². The van der Waals surface area contributed by atoms with E-state index in [4.69, 9.17) is 0 Å². The van der Waals surface area contributed by atoms with Gasteiger partial charge in [-0.2, -0.15) is 0 Å². The number of imidazole rings is 1. The van der Waals surface area contributed by atoms with Crippen molar-refractivity contribution in [1.82, 2.24) is 24.8 Å². The molecule has 0 atom stereocenters. The number of hydrogen-bond acceptors (Lipinski definition) is 5. The maximum atomic E-state index is 12.3. The average molecular weight is 341 g/mol. The lowest BCUT2D eigenvalue weighted by Gasteiger charge is -2.11. The van der Waals surface area contributed by atoms with Gasteiger partial charge >= 0.3 is 0 Å². The summed E-state index contributed by atoms with van der Waals surface area (Å²) in [5, 5.41) is 5.88. The Labute approximate surface area is 144 Å². The van der Waals surface area contributed by atoms with Gasteiger partial charge in [0.25, 0.3) is 5.91 Å². The number of amides is 1. The number of carbonyl (C=O) groups excluding carboxylic acids is 1. The molecule has 24 heavy (non-hydrogen) atoms. The van der Waals surface area contributed by atoms with Crippen LogP contribution in [0.3, 0.4) is 0 Å². The fourth-order valence-electron chi connectivity index (χ4n) is 3.25. The van der Waals surface area contributed by atoms with Gasteiger partial charge in [0, 0.05) is 36.8 Å². The molecule has 0 spiro atoms. The predicted octanol–water partition coefficient (Wildman–Crippen LogP) is 2.98. The first kappa shape index (κ1) is 15.3. The molecule has 3 heterocycles. The van der Waals surface area contributed by atoms with Gasteiger partial charge in [-0.15, -0.1) is 11.3 Å². The summed E-state index contributed by atoms with van der Waals surface area (Å²) >= 11 is 1.60. The molecule has 3 aromatic heterocycles. The molecule has 0 aliphatic heterocycles. The molecule has 0 radical (unpaired) electrons. The van der Waals surface area contributed by atoms with Crippen LogP contribution in [0.4, 0.5) is 0 Å². The zero-order valence-corrected chi connectivity index (χ0v) is 14.1. The van der Waals surface area contributed by atoms with Gasteiger partial charge in [-0.1, -0.05) is 12.8 Å². The molecule has 1 aliphatic carbocycles. The van der Waals surface area contributed by atoms with Gasteiger partial charge in [0.15, 0.2) is 5.65 Å². The van der Waals surface area contributed by atoms with Gasteiger partial charge in [-0.3, -0.25) is 4.79 Å². The number of pyridine rings is 1. The van der Waals surface area contributed by atoms with Crippen molar-refractivity contribution in [2.45, 2.75) is 38.1 Å². The Hall–Kier alpha value is -2.28. The first-order valence-electron chi connectivity index (χ1n) is 8.30.